The third kappa shape index (κ3) is 3.55. The molecule has 31 heavy (non-hydrogen) atoms. The van der Waals surface area contributed by atoms with Gasteiger partial charge in [-0.25, -0.2) is 9.50 Å². The maximum Gasteiger partial charge on any atom is 0.277 e. The number of hydrogen-bond acceptors (Lipinski definition) is 4. The maximum atomic E-state index is 13.2. The number of aromatic nitrogens is 3. The lowest BCUT2D eigenvalue weighted by Crippen LogP contribution is -2.44. The number of aromatic amines is 1. The largest absolute Gasteiger partial charge is 0.342 e. The van der Waals surface area contributed by atoms with Crippen LogP contribution >= 0.6 is 0 Å². The van der Waals surface area contributed by atoms with Crippen molar-refractivity contribution in [2.45, 2.75) is 64.8 Å². The summed E-state index contributed by atoms with van der Waals surface area (Å²) in [5.41, 5.74) is 2.88. The molecule has 1 N–H and O–H groups in total. The van der Waals surface area contributed by atoms with Gasteiger partial charge in [-0.1, -0.05) is 20.3 Å². The van der Waals surface area contributed by atoms with Crippen LogP contribution < -0.4 is 5.56 Å². The minimum absolute atomic E-state index is 0.0701. The van der Waals surface area contributed by atoms with Crippen molar-refractivity contribution in [3.63, 3.8) is 0 Å². The van der Waals surface area contributed by atoms with Gasteiger partial charge >= 0.3 is 0 Å². The highest BCUT2D eigenvalue weighted by Crippen LogP contribution is 2.32. The average Bonchev–Trinajstić information content (AvgIpc) is 3.16. The van der Waals surface area contributed by atoms with Gasteiger partial charge < -0.3 is 9.80 Å². The Labute approximate surface area is 181 Å². The topological polar surface area (TPSA) is 90.8 Å². The van der Waals surface area contributed by atoms with Crippen molar-refractivity contribution in [1.82, 2.24) is 24.4 Å². The van der Waals surface area contributed by atoms with E-state index in [-0.39, 0.29) is 29.2 Å². The number of H-pyrrole nitrogens is 1. The molecule has 1 saturated carbocycles. The molecule has 166 valence electrons. The smallest absolute Gasteiger partial charge is 0.277 e. The maximum absolute atomic E-state index is 13.2. The fourth-order valence-corrected chi connectivity index (χ4v) is 5.11. The molecule has 2 aliphatic heterocycles. The fraction of sp³-hybridized carbons (Fsp3) is 0.652. The predicted octanol–water partition coefficient (Wildman–Crippen LogP) is 2.07. The van der Waals surface area contributed by atoms with Crippen LogP contribution in [0.4, 0.5) is 0 Å². The number of carbonyl (C=O) groups is 2. The van der Waals surface area contributed by atoms with Crippen LogP contribution in [0.2, 0.25) is 0 Å². The van der Waals surface area contributed by atoms with E-state index in [1.807, 2.05) is 24.8 Å². The van der Waals surface area contributed by atoms with E-state index in [9.17, 15) is 14.4 Å². The summed E-state index contributed by atoms with van der Waals surface area (Å²) in [4.78, 5) is 46.8. The monoisotopic (exact) mass is 425 g/mol. The Bertz CT molecular complexity index is 1080. The lowest BCUT2D eigenvalue weighted by atomic mass is 9.83. The van der Waals surface area contributed by atoms with Crippen molar-refractivity contribution in [2.75, 3.05) is 19.6 Å². The molecule has 8 nitrogen and oxygen atoms in total. The van der Waals surface area contributed by atoms with Gasteiger partial charge in [-0.15, -0.1) is 0 Å². The van der Waals surface area contributed by atoms with E-state index in [0.29, 0.717) is 43.2 Å². The van der Waals surface area contributed by atoms with E-state index in [0.717, 1.165) is 50.0 Å². The molecule has 8 heteroatoms. The van der Waals surface area contributed by atoms with Gasteiger partial charge in [0.2, 0.25) is 11.8 Å². The van der Waals surface area contributed by atoms with Gasteiger partial charge in [0, 0.05) is 55.6 Å². The molecule has 2 amide bonds. The summed E-state index contributed by atoms with van der Waals surface area (Å²) < 4.78 is 1.52. The molecule has 2 fully saturated rings. The zero-order chi connectivity index (χ0) is 21.7. The fourth-order valence-electron chi connectivity index (χ4n) is 5.11. The SMILES string of the molecule is CC(C)C(=O)N1CCc2nc3cc([C@H]4CCCN(C(=O)C5CCC5)C4)[nH]n3c(=O)c2C1. The van der Waals surface area contributed by atoms with Crippen molar-refractivity contribution in [1.29, 1.82) is 0 Å². The first-order chi connectivity index (χ1) is 14.9. The number of piperidine rings is 1. The van der Waals surface area contributed by atoms with Crippen LogP contribution in [0.3, 0.4) is 0 Å². The Morgan fingerprint density at radius 1 is 1.13 bits per heavy atom. The van der Waals surface area contributed by atoms with Gasteiger partial charge in [0.1, 0.15) is 0 Å². The van der Waals surface area contributed by atoms with Crippen LogP contribution in [0, 0.1) is 11.8 Å². The lowest BCUT2D eigenvalue weighted by molar-refractivity contribution is -0.139. The molecule has 5 rings (SSSR count). The van der Waals surface area contributed by atoms with Gasteiger partial charge in [0.05, 0.1) is 17.8 Å². The summed E-state index contributed by atoms with van der Waals surface area (Å²) in [6.07, 6.45) is 5.78. The van der Waals surface area contributed by atoms with Crippen LogP contribution in [0.25, 0.3) is 5.65 Å². The van der Waals surface area contributed by atoms with E-state index in [1.165, 1.54) is 4.52 Å². The van der Waals surface area contributed by atoms with Crippen LogP contribution in [0.5, 0.6) is 0 Å². The molecule has 1 saturated heterocycles. The minimum atomic E-state index is -0.120. The van der Waals surface area contributed by atoms with E-state index in [2.05, 4.69) is 5.10 Å². The third-order valence-electron chi connectivity index (χ3n) is 7.21. The Morgan fingerprint density at radius 3 is 2.65 bits per heavy atom. The molecule has 0 aromatic carbocycles. The predicted molar refractivity (Wildman–Crippen MR) is 116 cm³/mol. The van der Waals surface area contributed by atoms with Crippen LogP contribution in [-0.4, -0.2) is 55.8 Å². The summed E-state index contributed by atoms with van der Waals surface area (Å²) in [6, 6.07) is 1.97. The first kappa shape index (κ1) is 20.3. The van der Waals surface area contributed by atoms with E-state index >= 15 is 0 Å². The normalized spacial score (nSPS) is 22.0. The third-order valence-corrected chi connectivity index (χ3v) is 7.21. The molecule has 2 aromatic heterocycles. The number of amides is 2. The summed E-state index contributed by atoms with van der Waals surface area (Å²) in [5, 5.41) is 3.27. The highest BCUT2D eigenvalue weighted by Gasteiger charge is 2.33. The number of rotatable bonds is 3. The van der Waals surface area contributed by atoms with Crippen molar-refractivity contribution < 1.29 is 9.59 Å². The summed E-state index contributed by atoms with van der Waals surface area (Å²) in [6.45, 7) is 6.22. The summed E-state index contributed by atoms with van der Waals surface area (Å²) >= 11 is 0. The molecule has 1 aliphatic carbocycles. The molecule has 3 aliphatic rings. The van der Waals surface area contributed by atoms with E-state index in [4.69, 9.17) is 4.98 Å². The number of carbonyl (C=O) groups excluding carboxylic acids is 2. The van der Waals surface area contributed by atoms with Crippen LogP contribution in [0.1, 0.15) is 68.8 Å². The molecule has 0 unspecified atom stereocenters. The first-order valence-corrected chi connectivity index (χ1v) is 11.6. The second-order valence-electron chi connectivity index (χ2n) is 9.66. The molecule has 0 radical (unpaired) electrons. The number of likely N-dealkylation sites (tertiary alicyclic amines) is 1. The van der Waals surface area contributed by atoms with Gasteiger partial charge in [-0.2, -0.15) is 0 Å². The van der Waals surface area contributed by atoms with Gasteiger partial charge in [0.25, 0.3) is 5.56 Å². The van der Waals surface area contributed by atoms with Gasteiger partial charge in [-0.05, 0) is 25.7 Å². The van der Waals surface area contributed by atoms with Gasteiger partial charge in [-0.3, -0.25) is 19.5 Å². The highest BCUT2D eigenvalue weighted by molar-refractivity contribution is 5.80. The van der Waals surface area contributed by atoms with Crippen LogP contribution in [0.15, 0.2) is 10.9 Å². The molecule has 0 bridgehead atoms. The van der Waals surface area contributed by atoms with Crippen LogP contribution in [-0.2, 0) is 22.6 Å². The molecular weight excluding hydrogens is 394 g/mol. The number of nitrogens with one attached hydrogen (secondary N) is 1. The average molecular weight is 426 g/mol. The van der Waals surface area contributed by atoms with Crippen molar-refractivity contribution in [2.24, 2.45) is 11.8 Å². The zero-order valence-corrected chi connectivity index (χ0v) is 18.4. The second kappa shape index (κ2) is 7.80. The Kier molecular flexibility index (Phi) is 5.10. The minimum Gasteiger partial charge on any atom is -0.342 e. The van der Waals surface area contributed by atoms with Crippen molar-refractivity contribution >= 4 is 17.5 Å². The Balaban J connectivity index is 1.40. The quantitative estimate of drug-likeness (QED) is 0.815. The van der Waals surface area contributed by atoms with Gasteiger partial charge in [0.15, 0.2) is 5.65 Å². The summed E-state index contributed by atoms with van der Waals surface area (Å²) in [7, 11) is 0. The molecular formula is C23H31N5O3. The summed E-state index contributed by atoms with van der Waals surface area (Å²) in [5.74, 6) is 0.687. The molecule has 4 heterocycles. The Hall–Kier alpha value is -2.64. The number of nitrogens with zero attached hydrogens (tertiary/aromatic N) is 4. The van der Waals surface area contributed by atoms with Crippen molar-refractivity contribution in [3.8, 4) is 0 Å². The number of fused-ring (bicyclic) bond motifs is 2. The first-order valence-electron chi connectivity index (χ1n) is 11.6. The highest BCUT2D eigenvalue weighted by atomic mass is 16.2. The second-order valence-corrected chi connectivity index (χ2v) is 9.66. The van der Waals surface area contributed by atoms with Crippen molar-refractivity contribution in [3.05, 3.63) is 33.4 Å². The molecule has 2 aromatic rings. The van der Waals surface area contributed by atoms with E-state index < -0.39 is 0 Å². The lowest BCUT2D eigenvalue weighted by Gasteiger charge is -2.37. The Morgan fingerprint density at radius 2 is 1.94 bits per heavy atom. The number of hydrogen-bond donors (Lipinski definition) is 1. The standard InChI is InChI=1S/C23H31N5O3/c1-14(2)21(29)27-10-8-18-17(13-27)23(31)28-20(24-18)11-19(25-28)16-7-4-9-26(12-16)22(30)15-5-3-6-15/h11,14-16,25H,3-10,12-13H2,1-2H3/t16-/m0/s1. The zero-order valence-electron chi connectivity index (χ0n) is 18.4. The molecule has 0 spiro atoms. The molecule has 1 atom stereocenters. The van der Waals surface area contributed by atoms with E-state index in [1.54, 1.807) is 4.90 Å².